The molecule has 0 spiro atoms. The molecule has 0 aromatic heterocycles. The van der Waals surface area contributed by atoms with Crippen LogP contribution in [0.3, 0.4) is 0 Å². The number of anilines is 1. The maximum Gasteiger partial charge on any atom is 0.319 e. The topological polar surface area (TPSA) is 50.4 Å². The monoisotopic (exact) mass is 324 g/mol. The van der Waals surface area contributed by atoms with Gasteiger partial charge in [0.25, 0.3) is 0 Å². The van der Waals surface area contributed by atoms with Crippen LogP contribution >= 0.6 is 0 Å². The third-order valence-electron chi connectivity index (χ3n) is 4.42. The van der Waals surface area contributed by atoms with Crippen LogP contribution in [0.15, 0.2) is 48.5 Å². The van der Waals surface area contributed by atoms with Gasteiger partial charge in [0.15, 0.2) is 0 Å². The van der Waals surface area contributed by atoms with Crippen molar-refractivity contribution in [2.75, 3.05) is 5.32 Å². The van der Waals surface area contributed by atoms with Crippen molar-refractivity contribution in [1.82, 2.24) is 5.32 Å². The van der Waals surface area contributed by atoms with E-state index in [1.54, 1.807) is 0 Å². The van der Waals surface area contributed by atoms with E-state index in [1.807, 2.05) is 55.5 Å². The zero-order chi connectivity index (χ0) is 16.8. The van der Waals surface area contributed by atoms with Crippen molar-refractivity contribution in [1.29, 1.82) is 0 Å². The van der Waals surface area contributed by atoms with Crippen LogP contribution in [0.1, 0.15) is 36.8 Å². The van der Waals surface area contributed by atoms with Crippen molar-refractivity contribution in [3.05, 3.63) is 59.7 Å². The third kappa shape index (κ3) is 4.51. The van der Waals surface area contributed by atoms with E-state index in [4.69, 9.17) is 4.74 Å². The predicted octanol–water partition coefficient (Wildman–Crippen LogP) is 4.64. The summed E-state index contributed by atoms with van der Waals surface area (Å²) in [6.45, 7) is 2.55. The van der Waals surface area contributed by atoms with Crippen LogP contribution in [0.5, 0.6) is 5.75 Å². The van der Waals surface area contributed by atoms with Gasteiger partial charge in [-0.3, -0.25) is 0 Å². The van der Waals surface area contributed by atoms with E-state index >= 15 is 0 Å². The molecule has 2 amide bonds. The Morgan fingerprint density at radius 2 is 1.79 bits per heavy atom. The fourth-order valence-corrected chi connectivity index (χ4v) is 2.97. The lowest BCUT2D eigenvalue weighted by molar-refractivity contribution is 0.210. The van der Waals surface area contributed by atoms with Gasteiger partial charge in [-0.2, -0.15) is 0 Å². The Bertz CT molecular complexity index is 676. The highest BCUT2D eigenvalue weighted by molar-refractivity contribution is 5.89. The lowest BCUT2D eigenvalue weighted by Gasteiger charge is -2.13. The van der Waals surface area contributed by atoms with Crippen molar-refractivity contribution in [2.45, 2.75) is 45.3 Å². The molecule has 0 bridgehead atoms. The van der Waals surface area contributed by atoms with E-state index in [0.29, 0.717) is 12.6 Å². The molecule has 0 radical (unpaired) electrons. The predicted molar refractivity (Wildman–Crippen MR) is 96.4 cm³/mol. The number of rotatable bonds is 5. The smallest absolute Gasteiger partial charge is 0.319 e. The molecule has 4 nitrogen and oxygen atoms in total. The number of aryl methyl sites for hydroxylation is 1. The Labute approximate surface area is 143 Å². The van der Waals surface area contributed by atoms with Gasteiger partial charge in [-0.25, -0.2) is 4.79 Å². The van der Waals surface area contributed by atoms with Crippen molar-refractivity contribution in [3.63, 3.8) is 0 Å². The summed E-state index contributed by atoms with van der Waals surface area (Å²) in [5, 5.41) is 5.73. The molecule has 2 aromatic rings. The summed E-state index contributed by atoms with van der Waals surface area (Å²) in [5.74, 6) is 0.868. The third-order valence-corrected chi connectivity index (χ3v) is 4.42. The number of hydrogen-bond donors (Lipinski definition) is 2. The van der Waals surface area contributed by atoms with Crippen molar-refractivity contribution < 1.29 is 9.53 Å². The van der Waals surface area contributed by atoms with Crippen molar-refractivity contribution >= 4 is 11.7 Å². The van der Waals surface area contributed by atoms with E-state index in [1.165, 1.54) is 18.4 Å². The number of amides is 2. The number of nitrogens with one attached hydrogen (secondary N) is 2. The van der Waals surface area contributed by atoms with Gasteiger partial charge in [0.2, 0.25) is 0 Å². The van der Waals surface area contributed by atoms with Gasteiger partial charge in [-0.15, -0.1) is 0 Å². The molecule has 1 fully saturated rings. The van der Waals surface area contributed by atoms with Crippen LogP contribution in [-0.2, 0) is 6.54 Å². The summed E-state index contributed by atoms with van der Waals surface area (Å²) in [7, 11) is 0. The molecule has 3 rings (SSSR count). The van der Waals surface area contributed by atoms with E-state index in [2.05, 4.69) is 10.6 Å². The molecule has 0 saturated heterocycles. The first kappa shape index (κ1) is 16.4. The molecule has 1 aliphatic carbocycles. The summed E-state index contributed by atoms with van der Waals surface area (Å²) in [4.78, 5) is 12.0. The van der Waals surface area contributed by atoms with E-state index in [-0.39, 0.29) is 6.03 Å². The second-order valence-corrected chi connectivity index (χ2v) is 6.28. The SMILES string of the molecule is Cc1ccccc1CNC(=O)Nc1ccc(OC2CCCC2)cc1. The zero-order valence-electron chi connectivity index (χ0n) is 14.0. The molecular formula is C20H24N2O2. The van der Waals surface area contributed by atoms with Crippen LogP contribution in [0.2, 0.25) is 0 Å². The molecule has 0 unspecified atom stereocenters. The van der Waals surface area contributed by atoms with Crippen LogP contribution in [-0.4, -0.2) is 12.1 Å². The fourth-order valence-electron chi connectivity index (χ4n) is 2.97. The highest BCUT2D eigenvalue weighted by atomic mass is 16.5. The quantitative estimate of drug-likeness (QED) is 0.842. The normalized spacial score (nSPS) is 14.4. The molecule has 2 aromatic carbocycles. The van der Waals surface area contributed by atoms with Crippen LogP contribution in [0, 0.1) is 6.92 Å². The zero-order valence-corrected chi connectivity index (χ0v) is 14.0. The minimum absolute atomic E-state index is 0.206. The molecule has 0 atom stereocenters. The fraction of sp³-hybridized carbons (Fsp3) is 0.350. The summed E-state index contributed by atoms with van der Waals surface area (Å²) in [6.07, 6.45) is 5.14. The Morgan fingerprint density at radius 1 is 1.08 bits per heavy atom. The molecule has 4 heteroatoms. The second kappa shape index (κ2) is 7.86. The lowest BCUT2D eigenvalue weighted by Crippen LogP contribution is -2.28. The molecule has 126 valence electrons. The standard InChI is InChI=1S/C20H24N2O2/c1-15-6-2-3-7-16(15)14-21-20(23)22-17-10-12-19(13-11-17)24-18-8-4-5-9-18/h2-3,6-7,10-13,18H,4-5,8-9,14H2,1H3,(H2,21,22,23). The maximum atomic E-state index is 12.0. The Balaban J connectivity index is 1.48. The Morgan fingerprint density at radius 3 is 2.50 bits per heavy atom. The first-order valence-corrected chi connectivity index (χ1v) is 8.57. The minimum atomic E-state index is -0.206. The van der Waals surface area contributed by atoms with E-state index < -0.39 is 0 Å². The van der Waals surface area contributed by atoms with Crippen molar-refractivity contribution in [3.8, 4) is 5.75 Å². The summed E-state index contributed by atoms with van der Waals surface area (Å²) >= 11 is 0. The highest BCUT2D eigenvalue weighted by Gasteiger charge is 2.16. The molecule has 0 aliphatic heterocycles. The van der Waals surface area contributed by atoms with Gasteiger partial charge in [-0.1, -0.05) is 24.3 Å². The molecular weight excluding hydrogens is 300 g/mol. The number of benzene rings is 2. The highest BCUT2D eigenvalue weighted by Crippen LogP contribution is 2.24. The lowest BCUT2D eigenvalue weighted by atomic mass is 10.1. The van der Waals surface area contributed by atoms with Gasteiger partial charge in [-0.05, 0) is 68.0 Å². The molecule has 1 saturated carbocycles. The van der Waals surface area contributed by atoms with Gasteiger partial charge >= 0.3 is 6.03 Å². The molecule has 2 N–H and O–H groups in total. The second-order valence-electron chi connectivity index (χ2n) is 6.28. The maximum absolute atomic E-state index is 12.0. The van der Waals surface area contributed by atoms with Crippen LogP contribution in [0.25, 0.3) is 0 Å². The first-order valence-electron chi connectivity index (χ1n) is 8.57. The van der Waals surface area contributed by atoms with Crippen LogP contribution < -0.4 is 15.4 Å². The number of urea groups is 1. The number of carbonyl (C=O) groups excluding carboxylic acids is 1. The average Bonchev–Trinajstić information content (AvgIpc) is 3.09. The molecule has 24 heavy (non-hydrogen) atoms. The van der Waals surface area contributed by atoms with Gasteiger partial charge in [0, 0.05) is 12.2 Å². The number of carbonyl (C=O) groups is 1. The molecule has 1 aliphatic rings. The van der Waals surface area contributed by atoms with Crippen molar-refractivity contribution in [2.24, 2.45) is 0 Å². The number of hydrogen-bond acceptors (Lipinski definition) is 2. The summed E-state index contributed by atoms with van der Waals surface area (Å²) in [5.41, 5.74) is 3.05. The first-order chi connectivity index (χ1) is 11.7. The largest absolute Gasteiger partial charge is 0.490 e. The Hall–Kier alpha value is -2.49. The van der Waals surface area contributed by atoms with Gasteiger partial charge in [0.05, 0.1) is 6.10 Å². The van der Waals surface area contributed by atoms with Gasteiger partial charge in [0.1, 0.15) is 5.75 Å². The van der Waals surface area contributed by atoms with E-state index in [0.717, 1.165) is 29.8 Å². The molecule has 0 heterocycles. The Kier molecular flexibility index (Phi) is 5.36. The van der Waals surface area contributed by atoms with Gasteiger partial charge < -0.3 is 15.4 Å². The van der Waals surface area contributed by atoms with E-state index in [9.17, 15) is 4.79 Å². The average molecular weight is 324 g/mol. The summed E-state index contributed by atoms with van der Waals surface area (Å²) < 4.78 is 5.93. The number of ether oxygens (including phenoxy) is 1. The van der Waals surface area contributed by atoms with Crippen LogP contribution in [0.4, 0.5) is 10.5 Å². The summed E-state index contributed by atoms with van der Waals surface area (Å²) in [6, 6.07) is 15.4. The minimum Gasteiger partial charge on any atom is -0.490 e.